The summed E-state index contributed by atoms with van der Waals surface area (Å²) in [7, 11) is 0. The van der Waals surface area contributed by atoms with E-state index in [1.807, 2.05) is 42.2 Å². The third-order valence-corrected chi connectivity index (χ3v) is 5.93. The average molecular weight is 416 g/mol. The summed E-state index contributed by atoms with van der Waals surface area (Å²) < 4.78 is 10.4. The van der Waals surface area contributed by atoms with E-state index in [4.69, 9.17) is 9.37 Å². The highest BCUT2D eigenvalue weighted by Gasteiger charge is 2.35. The summed E-state index contributed by atoms with van der Waals surface area (Å²) in [5.74, 6) is 0.822. The number of carbonyl (C=O) groups is 1. The molecule has 4 aromatic rings. The van der Waals surface area contributed by atoms with Crippen LogP contribution in [0.15, 0.2) is 53.2 Å². The molecule has 0 radical (unpaired) electrons. The van der Waals surface area contributed by atoms with E-state index in [0.29, 0.717) is 24.5 Å². The molecule has 1 unspecified atom stereocenters. The monoisotopic (exact) mass is 416 g/mol. The quantitative estimate of drug-likeness (QED) is 0.532. The Kier molecular flexibility index (Phi) is 4.94. The van der Waals surface area contributed by atoms with Crippen LogP contribution in [0, 0.1) is 6.92 Å². The molecule has 2 aromatic carbocycles. The molecule has 1 amide bonds. The first kappa shape index (κ1) is 19.4. The van der Waals surface area contributed by atoms with E-state index < -0.39 is 0 Å². The van der Waals surface area contributed by atoms with E-state index in [-0.39, 0.29) is 18.4 Å². The van der Waals surface area contributed by atoms with Gasteiger partial charge in [-0.2, -0.15) is 0 Å². The Morgan fingerprint density at radius 1 is 1.19 bits per heavy atom. The van der Waals surface area contributed by atoms with Crippen LogP contribution in [-0.4, -0.2) is 39.3 Å². The van der Waals surface area contributed by atoms with Gasteiger partial charge in [0.05, 0.1) is 19.1 Å². The van der Waals surface area contributed by atoms with Gasteiger partial charge in [0.1, 0.15) is 17.1 Å². The number of rotatable bonds is 5. The SMILES string of the molecule is CCOc1ccc(C2c3[nH]c4ccccc4c3CCN2C(=O)Cc2nonc2C)cc1. The number of hydrogen-bond donors (Lipinski definition) is 1. The summed E-state index contributed by atoms with van der Waals surface area (Å²) in [6.45, 7) is 5.02. The number of amides is 1. The molecule has 0 bridgehead atoms. The van der Waals surface area contributed by atoms with Gasteiger partial charge in [-0.1, -0.05) is 40.6 Å². The number of nitrogens with one attached hydrogen (secondary N) is 1. The molecule has 0 aliphatic carbocycles. The van der Waals surface area contributed by atoms with Crippen molar-refractivity contribution in [1.82, 2.24) is 20.2 Å². The first-order valence-electron chi connectivity index (χ1n) is 10.6. The van der Waals surface area contributed by atoms with Crippen LogP contribution in [0.1, 0.15) is 41.2 Å². The maximum Gasteiger partial charge on any atom is 0.229 e. The van der Waals surface area contributed by atoms with Gasteiger partial charge in [-0.25, -0.2) is 4.63 Å². The molecule has 5 rings (SSSR count). The second-order valence-electron chi connectivity index (χ2n) is 7.78. The number of benzene rings is 2. The second kappa shape index (κ2) is 7.91. The normalized spacial score (nSPS) is 15.8. The highest BCUT2D eigenvalue weighted by atomic mass is 16.6. The molecule has 2 aromatic heterocycles. The number of aromatic amines is 1. The lowest BCUT2D eigenvalue weighted by atomic mass is 9.92. The Labute approximate surface area is 180 Å². The number of H-pyrrole nitrogens is 1. The van der Waals surface area contributed by atoms with E-state index in [2.05, 4.69) is 33.5 Å². The molecule has 0 spiro atoms. The number of nitrogens with zero attached hydrogens (tertiary/aromatic N) is 3. The Bertz CT molecular complexity index is 1230. The molecule has 0 saturated carbocycles. The van der Waals surface area contributed by atoms with Crippen LogP contribution in [-0.2, 0) is 17.6 Å². The summed E-state index contributed by atoms with van der Waals surface area (Å²) in [6.07, 6.45) is 0.965. The third kappa shape index (κ3) is 3.46. The van der Waals surface area contributed by atoms with Gasteiger partial charge in [0.15, 0.2) is 0 Å². The Morgan fingerprint density at radius 2 is 2.00 bits per heavy atom. The van der Waals surface area contributed by atoms with Gasteiger partial charge in [0.25, 0.3) is 0 Å². The van der Waals surface area contributed by atoms with Crippen LogP contribution < -0.4 is 4.74 Å². The topological polar surface area (TPSA) is 84.2 Å². The lowest BCUT2D eigenvalue weighted by Crippen LogP contribution is -2.41. The molecule has 3 heterocycles. The van der Waals surface area contributed by atoms with Crippen molar-refractivity contribution in [3.8, 4) is 5.75 Å². The van der Waals surface area contributed by atoms with Gasteiger partial charge >= 0.3 is 0 Å². The van der Waals surface area contributed by atoms with Gasteiger partial charge in [-0.3, -0.25) is 4.79 Å². The number of ether oxygens (including phenoxy) is 1. The van der Waals surface area contributed by atoms with Gasteiger partial charge in [0.2, 0.25) is 5.91 Å². The number of para-hydroxylation sites is 1. The minimum atomic E-state index is -0.209. The first-order valence-corrected chi connectivity index (χ1v) is 10.6. The average Bonchev–Trinajstić information content (AvgIpc) is 3.37. The Hall–Kier alpha value is -3.61. The van der Waals surface area contributed by atoms with Crippen molar-refractivity contribution in [3.63, 3.8) is 0 Å². The number of hydrogen-bond acceptors (Lipinski definition) is 5. The number of aromatic nitrogens is 3. The molecular formula is C24H24N4O3. The zero-order valence-electron chi connectivity index (χ0n) is 17.6. The minimum Gasteiger partial charge on any atom is -0.494 e. The predicted molar refractivity (Wildman–Crippen MR) is 116 cm³/mol. The molecule has 1 atom stereocenters. The summed E-state index contributed by atoms with van der Waals surface area (Å²) in [5.41, 5.74) is 5.71. The lowest BCUT2D eigenvalue weighted by molar-refractivity contribution is -0.132. The molecule has 31 heavy (non-hydrogen) atoms. The summed E-state index contributed by atoms with van der Waals surface area (Å²) in [6, 6.07) is 16.1. The number of fused-ring (bicyclic) bond motifs is 3. The van der Waals surface area contributed by atoms with Gasteiger partial charge in [0, 0.05) is 23.1 Å². The van der Waals surface area contributed by atoms with Crippen molar-refractivity contribution >= 4 is 16.8 Å². The number of aryl methyl sites for hydroxylation is 1. The lowest BCUT2D eigenvalue weighted by Gasteiger charge is -2.36. The van der Waals surface area contributed by atoms with Crippen LogP contribution in [0.4, 0.5) is 0 Å². The van der Waals surface area contributed by atoms with Crippen molar-refractivity contribution in [1.29, 1.82) is 0 Å². The van der Waals surface area contributed by atoms with Crippen molar-refractivity contribution in [2.75, 3.05) is 13.2 Å². The summed E-state index contributed by atoms with van der Waals surface area (Å²) >= 11 is 0. The van der Waals surface area contributed by atoms with Crippen molar-refractivity contribution in [3.05, 3.63) is 76.7 Å². The second-order valence-corrected chi connectivity index (χ2v) is 7.78. The van der Waals surface area contributed by atoms with E-state index in [1.54, 1.807) is 6.92 Å². The molecule has 158 valence electrons. The van der Waals surface area contributed by atoms with Crippen molar-refractivity contribution in [2.24, 2.45) is 0 Å². The Morgan fingerprint density at radius 3 is 2.74 bits per heavy atom. The highest BCUT2D eigenvalue weighted by Crippen LogP contribution is 2.39. The van der Waals surface area contributed by atoms with Crippen LogP contribution in [0.3, 0.4) is 0 Å². The molecule has 1 aliphatic heterocycles. The zero-order valence-corrected chi connectivity index (χ0v) is 17.6. The van der Waals surface area contributed by atoms with E-state index in [0.717, 1.165) is 28.9 Å². The van der Waals surface area contributed by atoms with Crippen LogP contribution in [0.2, 0.25) is 0 Å². The number of carbonyl (C=O) groups excluding carboxylic acids is 1. The fraction of sp³-hybridized carbons (Fsp3) is 0.292. The van der Waals surface area contributed by atoms with Crippen LogP contribution in [0.5, 0.6) is 5.75 Å². The molecule has 0 saturated heterocycles. The molecule has 1 N–H and O–H groups in total. The van der Waals surface area contributed by atoms with Crippen LogP contribution >= 0.6 is 0 Å². The largest absolute Gasteiger partial charge is 0.494 e. The molecule has 0 fully saturated rings. The molecule has 1 aliphatic rings. The molecule has 7 nitrogen and oxygen atoms in total. The minimum absolute atomic E-state index is 0.00184. The maximum absolute atomic E-state index is 13.4. The van der Waals surface area contributed by atoms with Gasteiger partial charge in [-0.15, -0.1) is 0 Å². The first-order chi connectivity index (χ1) is 15.2. The fourth-order valence-corrected chi connectivity index (χ4v) is 4.42. The van der Waals surface area contributed by atoms with Crippen molar-refractivity contribution < 1.29 is 14.2 Å². The maximum atomic E-state index is 13.4. The highest BCUT2D eigenvalue weighted by molar-refractivity contribution is 5.87. The third-order valence-electron chi connectivity index (χ3n) is 5.93. The Balaban J connectivity index is 1.57. The van der Waals surface area contributed by atoms with Gasteiger partial charge in [-0.05, 0) is 49.6 Å². The molecular weight excluding hydrogens is 392 g/mol. The van der Waals surface area contributed by atoms with Gasteiger partial charge < -0.3 is 14.6 Å². The van der Waals surface area contributed by atoms with E-state index in [1.165, 1.54) is 10.9 Å². The summed E-state index contributed by atoms with van der Waals surface area (Å²) in [4.78, 5) is 18.9. The molecule has 7 heteroatoms. The van der Waals surface area contributed by atoms with E-state index >= 15 is 0 Å². The predicted octanol–water partition coefficient (Wildman–Crippen LogP) is 3.97. The van der Waals surface area contributed by atoms with Crippen molar-refractivity contribution in [2.45, 2.75) is 32.7 Å². The fourth-order valence-electron chi connectivity index (χ4n) is 4.42. The smallest absolute Gasteiger partial charge is 0.229 e. The zero-order chi connectivity index (χ0) is 21.4. The standard InChI is InChI=1S/C24H24N4O3/c1-3-30-17-10-8-16(9-11-17)24-23-19(18-6-4-5-7-20(18)25-23)12-13-28(24)22(29)14-21-15(2)26-31-27-21/h4-11,24-25H,3,12-14H2,1-2H3. The van der Waals surface area contributed by atoms with Crippen LogP contribution in [0.25, 0.3) is 10.9 Å². The summed E-state index contributed by atoms with van der Waals surface area (Å²) in [5, 5.41) is 8.93. The van der Waals surface area contributed by atoms with E-state index in [9.17, 15) is 4.79 Å².